The Bertz CT molecular complexity index is 1420. The molecule has 0 aliphatic carbocycles. The van der Waals surface area contributed by atoms with Gasteiger partial charge in [0, 0.05) is 21.2 Å². The first-order valence-electron chi connectivity index (χ1n) is 12.4. The van der Waals surface area contributed by atoms with Crippen LogP contribution in [0.2, 0.25) is 25.7 Å². The van der Waals surface area contributed by atoms with Crippen molar-refractivity contribution >= 4 is 64.5 Å². The van der Waals surface area contributed by atoms with E-state index < -0.39 is 14.2 Å². The first-order valence-corrected chi connectivity index (χ1v) is 18.1. The molecule has 38 heavy (non-hydrogen) atoms. The number of thioether (sulfide) groups is 1. The van der Waals surface area contributed by atoms with Crippen LogP contribution in [0.3, 0.4) is 0 Å². The lowest BCUT2D eigenvalue weighted by molar-refractivity contribution is 0.0880. The highest BCUT2D eigenvalue weighted by molar-refractivity contribution is 9.10. The number of rotatable bonds is 13. The van der Waals surface area contributed by atoms with Crippen LogP contribution in [-0.4, -0.2) is 67.8 Å². The highest BCUT2D eigenvalue weighted by Crippen LogP contribution is 2.24. The number of hydrogen-bond donors (Lipinski definition) is 3. The van der Waals surface area contributed by atoms with Gasteiger partial charge < -0.3 is 25.0 Å². The van der Waals surface area contributed by atoms with E-state index in [4.69, 9.17) is 14.8 Å². The van der Waals surface area contributed by atoms with Gasteiger partial charge in [0.25, 0.3) is 0 Å². The van der Waals surface area contributed by atoms with Crippen molar-refractivity contribution in [1.82, 2.24) is 34.4 Å². The molecular weight excluding hydrogens is 588 g/mol. The quantitative estimate of drug-likeness (QED) is 0.106. The molecule has 0 radical (unpaired) electrons. The van der Waals surface area contributed by atoms with Crippen molar-refractivity contribution in [2.45, 2.75) is 57.0 Å². The molecule has 1 aromatic carbocycles. The molecule has 0 unspecified atom stereocenters. The van der Waals surface area contributed by atoms with Gasteiger partial charge in [-0.15, -0.1) is 0 Å². The molecule has 0 aliphatic heterocycles. The van der Waals surface area contributed by atoms with E-state index in [1.54, 1.807) is 10.7 Å². The normalized spacial score (nSPS) is 11.9. The maximum absolute atomic E-state index is 10.8. The zero-order valence-electron chi connectivity index (χ0n) is 22.0. The highest BCUT2D eigenvalue weighted by atomic mass is 79.9. The van der Waals surface area contributed by atoms with Gasteiger partial charge in [0.05, 0.1) is 28.2 Å². The van der Waals surface area contributed by atoms with Crippen molar-refractivity contribution in [1.29, 1.82) is 0 Å². The Hall–Kier alpha value is -2.68. The fourth-order valence-electron chi connectivity index (χ4n) is 3.94. The molecule has 3 aromatic heterocycles. The van der Waals surface area contributed by atoms with Crippen LogP contribution in [0.4, 0.5) is 10.7 Å². The molecule has 14 heteroatoms. The fourth-order valence-corrected chi connectivity index (χ4v) is 5.40. The second kappa shape index (κ2) is 12.4. The van der Waals surface area contributed by atoms with Crippen LogP contribution in [0.1, 0.15) is 17.8 Å². The lowest BCUT2D eigenvalue weighted by Crippen LogP contribution is -2.22. The molecule has 3 heterocycles. The number of nitrogens with zero attached hydrogens (tertiary/aromatic N) is 6. The molecule has 0 spiro atoms. The summed E-state index contributed by atoms with van der Waals surface area (Å²) in [4.78, 5) is 25.0. The van der Waals surface area contributed by atoms with Gasteiger partial charge >= 0.3 is 6.09 Å². The number of amides is 1. The predicted molar refractivity (Wildman–Crippen MR) is 156 cm³/mol. The van der Waals surface area contributed by atoms with E-state index in [0.29, 0.717) is 56.0 Å². The van der Waals surface area contributed by atoms with E-state index in [1.807, 2.05) is 24.5 Å². The molecule has 3 N–H and O–H groups in total. The van der Waals surface area contributed by atoms with E-state index in [9.17, 15) is 4.79 Å². The van der Waals surface area contributed by atoms with Gasteiger partial charge in [0.15, 0.2) is 10.8 Å². The SMILES string of the molecule is CSc1nc(NCc2nc3c(CCCNC(=O)O)cccc3n2COCC[Si](C)(C)C)n2ncc(Br)c2n1. The van der Waals surface area contributed by atoms with E-state index in [1.165, 1.54) is 11.8 Å². The summed E-state index contributed by atoms with van der Waals surface area (Å²) in [5.74, 6) is 1.39. The van der Waals surface area contributed by atoms with Crippen molar-refractivity contribution in [2.24, 2.45) is 0 Å². The van der Waals surface area contributed by atoms with Crippen molar-refractivity contribution in [2.75, 3.05) is 24.7 Å². The van der Waals surface area contributed by atoms with Gasteiger partial charge in [0.1, 0.15) is 12.6 Å². The summed E-state index contributed by atoms with van der Waals surface area (Å²) in [5, 5.41) is 19.7. The van der Waals surface area contributed by atoms with Gasteiger partial charge in [-0.1, -0.05) is 43.5 Å². The molecule has 0 fully saturated rings. The summed E-state index contributed by atoms with van der Waals surface area (Å²) >= 11 is 4.97. The van der Waals surface area contributed by atoms with Crippen LogP contribution < -0.4 is 10.6 Å². The van der Waals surface area contributed by atoms with Crippen molar-refractivity contribution in [3.8, 4) is 0 Å². The molecule has 11 nitrogen and oxygen atoms in total. The summed E-state index contributed by atoms with van der Waals surface area (Å²) in [6.45, 7) is 8.90. The number of hydrogen-bond acceptors (Lipinski definition) is 8. The number of anilines is 1. The first-order chi connectivity index (χ1) is 18.2. The number of nitrogens with one attached hydrogen (secondary N) is 2. The Balaban J connectivity index is 1.61. The van der Waals surface area contributed by atoms with E-state index in [-0.39, 0.29) is 0 Å². The molecule has 0 bridgehead atoms. The van der Waals surface area contributed by atoms with E-state index in [0.717, 1.165) is 32.9 Å². The Morgan fingerprint density at radius 2 is 2.05 bits per heavy atom. The van der Waals surface area contributed by atoms with Crippen LogP contribution >= 0.6 is 27.7 Å². The molecule has 204 valence electrons. The molecule has 1 amide bonds. The van der Waals surface area contributed by atoms with Crippen LogP contribution in [0, 0.1) is 0 Å². The largest absolute Gasteiger partial charge is 0.465 e. The molecule has 4 rings (SSSR count). The van der Waals surface area contributed by atoms with E-state index >= 15 is 0 Å². The smallest absolute Gasteiger partial charge is 0.404 e. The van der Waals surface area contributed by atoms with Crippen molar-refractivity contribution < 1.29 is 14.6 Å². The minimum absolute atomic E-state index is 0.390. The number of benzene rings is 1. The minimum Gasteiger partial charge on any atom is -0.465 e. The van der Waals surface area contributed by atoms with Gasteiger partial charge in [0.2, 0.25) is 5.95 Å². The van der Waals surface area contributed by atoms with Crippen molar-refractivity contribution in [3.05, 3.63) is 40.3 Å². The van der Waals surface area contributed by atoms with Gasteiger partial charge in [-0.05, 0) is 52.7 Å². The van der Waals surface area contributed by atoms with Gasteiger partial charge in [-0.3, -0.25) is 0 Å². The number of carboxylic acid groups (broad SMARTS) is 1. The molecule has 0 atom stereocenters. The number of aromatic nitrogens is 6. The molecule has 0 saturated heterocycles. The summed E-state index contributed by atoms with van der Waals surface area (Å²) in [7, 11) is -1.21. The van der Waals surface area contributed by atoms with E-state index in [2.05, 4.69) is 65.8 Å². The first kappa shape index (κ1) is 28.3. The lowest BCUT2D eigenvalue weighted by Gasteiger charge is -2.16. The number of halogens is 1. The van der Waals surface area contributed by atoms with Crippen molar-refractivity contribution in [3.63, 3.8) is 0 Å². The summed E-state index contributed by atoms with van der Waals surface area (Å²) in [5.41, 5.74) is 3.64. The highest BCUT2D eigenvalue weighted by Gasteiger charge is 2.17. The molecule has 4 aromatic rings. The van der Waals surface area contributed by atoms with Crippen LogP contribution in [-0.2, 0) is 24.4 Å². The number of aryl methyl sites for hydroxylation is 1. The third-order valence-electron chi connectivity index (χ3n) is 5.95. The number of ether oxygens (including phenoxy) is 1. The van der Waals surface area contributed by atoms with Gasteiger partial charge in [-0.2, -0.15) is 14.6 Å². The van der Waals surface area contributed by atoms with Gasteiger partial charge in [-0.25, -0.2) is 14.8 Å². The second-order valence-corrected chi connectivity index (χ2v) is 17.3. The third kappa shape index (κ3) is 7.04. The third-order valence-corrected chi connectivity index (χ3v) is 8.76. The van der Waals surface area contributed by atoms with Crippen LogP contribution in [0.5, 0.6) is 0 Å². The number of carbonyl (C=O) groups is 1. The number of para-hydroxylation sites is 1. The summed E-state index contributed by atoms with van der Waals surface area (Å²) < 4.78 is 10.7. The Labute approximate surface area is 234 Å². The molecular formula is C24H33BrN8O3SSi. The second-order valence-electron chi connectivity index (χ2n) is 10.0. The predicted octanol–water partition coefficient (Wildman–Crippen LogP) is 5.08. The lowest BCUT2D eigenvalue weighted by atomic mass is 10.1. The molecule has 0 aliphatic rings. The maximum atomic E-state index is 10.8. The van der Waals surface area contributed by atoms with Crippen LogP contribution in [0.15, 0.2) is 34.0 Å². The van der Waals surface area contributed by atoms with Crippen LogP contribution in [0.25, 0.3) is 16.7 Å². The zero-order valence-corrected chi connectivity index (χ0v) is 25.4. The Morgan fingerprint density at radius 1 is 1.24 bits per heavy atom. The minimum atomic E-state index is -1.21. The summed E-state index contributed by atoms with van der Waals surface area (Å²) in [6.07, 6.45) is 4.02. The number of imidazole rings is 1. The topological polar surface area (TPSA) is 131 Å². The monoisotopic (exact) mass is 620 g/mol. The maximum Gasteiger partial charge on any atom is 0.404 e. The average molecular weight is 622 g/mol. The zero-order chi connectivity index (χ0) is 27.3. The standard InChI is InChI=1S/C24H33BrN8O3SSi/c1-37-23-30-21-17(25)13-28-33(21)22(31-23)27-14-19-29-20-16(8-6-10-26-24(34)35)7-5-9-18(20)32(19)15-36-11-12-38(2,3)4/h5,7,9,13,26H,6,8,10-12,14-15H2,1-4H3,(H,34,35)(H,27,30,31). The molecule has 0 saturated carbocycles. The Kier molecular flexibility index (Phi) is 9.28. The summed E-state index contributed by atoms with van der Waals surface area (Å²) in [6, 6.07) is 7.19. The number of fused-ring (bicyclic) bond motifs is 2. The Morgan fingerprint density at radius 3 is 2.79 bits per heavy atom. The average Bonchev–Trinajstić information content (AvgIpc) is 3.42. The fraction of sp³-hybridized carbons (Fsp3) is 0.458.